The van der Waals surface area contributed by atoms with Gasteiger partial charge in [0.2, 0.25) is 0 Å². The maximum atomic E-state index is 11.8. The molecule has 1 saturated heterocycles. The lowest BCUT2D eigenvalue weighted by atomic mass is 10.2. The lowest BCUT2D eigenvalue weighted by molar-refractivity contribution is 0.0851. The SMILES string of the molecule is Cn1ncc(N)c1C(=O)NC[C@@H]1CCCO1. The maximum absolute atomic E-state index is 11.8. The number of carbonyl (C=O) groups excluding carboxylic acids is 1. The molecule has 1 aliphatic rings. The normalized spacial score (nSPS) is 19.9. The van der Waals surface area contributed by atoms with Crippen LogP contribution in [-0.2, 0) is 11.8 Å². The van der Waals surface area contributed by atoms with Crippen molar-refractivity contribution in [3.63, 3.8) is 0 Å². The molecule has 2 rings (SSSR count). The summed E-state index contributed by atoms with van der Waals surface area (Å²) in [6.45, 7) is 1.32. The van der Waals surface area contributed by atoms with Crippen molar-refractivity contribution in [1.29, 1.82) is 0 Å². The predicted molar refractivity (Wildman–Crippen MR) is 58.9 cm³/mol. The van der Waals surface area contributed by atoms with E-state index in [0.717, 1.165) is 19.4 Å². The number of amides is 1. The van der Waals surface area contributed by atoms with Crippen LogP contribution in [0.4, 0.5) is 5.69 Å². The smallest absolute Gasteiger partial charge is 0.271 e. The van der Waals surface area contributed by atoms with Crippen molar-refractivity contribution in [3.8, 4) is 0 Å². The van der Waals surface area contributed by atoms with Crippen LogP contribution < -0.4 is 11.1 Å². The third kappa shape index (κ3) is 2.16. The number of rotatable bonds is 3. The molecule has 0 spiro atoms. The number of carbonyl (C=O) groups is 1. The van der Waals surface area contributed by atoms with Crippen molar-refractivity contribution in [3.05, 3.63) is 11.9 Å². The Labute approximate surface area is 93.8 Å². The molecule has 0 saturated carbocycles. The molecule has 0 radical (unpaired) electrons. The van der Waals surface area contributed by atoms with Gasteiger partial charge in [-0.1, -0.05) is 0 Å². The number of hydrogen-bond acceptors (Lipinski definition) is 4. The Morgan fingerprint density at radius 2 is 2.62 bits per heavy atom. The number of anilines is 1. The average molecular weight is 224 g/mol. The molecule has 1 aliphatic heterocycles. The van der Waals surface area contributed by atoms with Crippen LogP contribution in [0.2, 0.25) is 0 Å². The van der Waals surface area contributed by atoms with Crippen molar-refractivity contribution in [2.24, 2.45) is 7.05 Å². The molecule has 0 aromatic carbocycles. The Bertz CT molecular complexity index is 363. The zero-order valence-electron chi connectivity index (χ0n) is 9.27. The highest BCUT2D eigenvalue weighted by Gasteiger charge is 2.19. The standard InChI is InChI=1S/C10H16N4O2/c1-14-9(8(11)6-13-14)10(15)12-5-7-3-2-4-16-7/h6-7H,2-5,11H2,1H3,(H,12,15)/t7-/m0/s1. The van der Waals surface area contributed by atoms with E-state index in [9.17, 15) is 4.79 Å². The fourth-order valence-electron chi connectivity index (χ4n) is 1.83. The highest BCUT2D eigenvalue weighted by molar-refractivity contribution is 5.97. The first-order chi connectivity index (χ1) is 7.68. The summed E-state index contributed by atoms with van der Waals surface area (Å²) in [6, 6.07) is 0. The monoisotopic (exact) mass is 224 g/mol. The number of aromatic nitrogens is 2. The summed E-state index contributed by atoms with van der Waals surface area (Å²) in [5, 5.41) is 6.72. The first kappa shape index (κ1) is 10.9. The number of aryl methyl sites for hydroxylation is 1. The number of ether oxygens (including phenoxy) is 1. The van der Waals surface area contributed by atoms with E-state index < -0.39 is 0 Å². The van der Waals surface area contributed by atoms with Gasteiger partial charge in [0.1, 0.15) is 5.69 Å². The second-order valence-electron chi connectivity index (χ2n) is 3.92. The minimum atomic E-state index is -0.201. The quantitative estimate of drug-likeness (QED) is 0.751. The lowest BCUT2D eigenvalue weighted by Gasteiger charge is -2.11. The average Bonchev–Trinajstić information content (AvgIpc) is 2.86. The van der Waals surface area contributed by atoms with Crippen LogP contribution in [0.25, 0.3) is 0 Å². The summed E-state index contributed by atoms with van der Waals surface area (Å²) in [5.41, 5.74) is 6.45. The molecular formula is C10H16N4O2. The Morgan fingerprint density at radius 3 is 3.19 bits per heavy atom. The van der Waals surface area contributed by atoms with Crippen LogP contribution in [0.1, 0.15) is 23.3 Å². The van der Waals surface area contributed by atoms with E-state index >= 15 is 0 Å². The molecule has 6 nitrogen and oxygen atoms in total. The van der Waals surface area contributed by atoms with Crippen LogP contribution in [0.15, 0.2) is 6.20 Å². The van der Waals surface area contributed by atoms with Crippen LogP contribution in [-0.4, -0.2) is 34.9 Å². The summed E-state index contributed by atoms with van der Waals surface area (Å²) in [7, 11) is 1.69. The maximum Gasteiger partial charge on any atom is 0.271 e. The third-order valence-electron chi connectivity index (χ3n) is 2.70. The summed E-state index contributed by atoms with van der Waals surface area (Å²) in [6.07, 6.45) is 3.68. The zero-order valence-corrected chi connectivity index (χ0v) is 9.27. The van der Waals surface area contributed by atoms with Gasteiger partial charge in [0.05, 0.1) is 18.0 Å². The van der Waals surface area contributed by atoms with Crippen molar-refractivity contribution in [1.82, 2.24) is 15.1 Å². The minimum absolute atomic E-state index is 0.137. The Morgan fingerprint density at radius 1 is 1.81 bits per heavy atom. The van der Waals surface area contributed by atoms with E-state index in [4.69, 9.17) is 10.5 Å². The molecule has 6 heteroatoms. The Kier molecular flexibility index (Phi) is 3.09. The molecule has 0 bridgehead atoms. The van der Waals surface area contributed by atoms with Gasteiger partial charge in [0, 0.05) is 20.2 Å². The number of nitrogen functional groups attached to an aromatic ring is 1. The van der Waals surface area contributed by atoms with Crippen molar-refractivity contribution in [2.45, 2.75) is 18.9 Å². The Hall–Kier alpha value is -1.56. The molecule has 88 valence electrons. The van der Waals surface area contributed by atoms with Crippen LogP contribution in [0.5, 0.6) is 0 Å². The summed E-state index contributed by atoms with van der Waals surface area (Å²) >= 11 is 0. The molecule has 16 heavy (non-hydrogen) atoms. The summed E-state index contributed by atoms with van der Waals surface area (Å²) < 4.78 is 6.89. The fourth-order valence-corrected chi connectivity index (χ4v) is 1.83. The van der Waals surface area contributed by atoms with Gasteiger partial charge in [-0.15, -0.1) is 0 Å². The highest BCUT2D eigenvalue weighted by Crippen LogP contribution is 2.12. The molecular weight excluding hydrogens is 208 g/mol. The van der Waals surface area contributed by atoms with Crippen LogP contribution >= 0.6 is 0 Å². The van der Waals surface area contributed by atoms with E-state index in [1.165, 1.54) is 10.9 Å². The highest BCUT2D eigenvalue weighted by atomic mass is 16.5. The van der Waals surface area contributed by atoms with Gasteiger partial charge in [-0.25, -0.2) is 0 Å². The number of nitrogens with one attached hydrogen (secondary N) is 1. The molecule has 1 aromatic heterocycles. The molecule has 1 aromatic rings. The largest absolute Gasteiger partial charge is 0.396 e. The summed E-state index contributed by atoms with van der Waals surface area (Å²) in [4.78, 5) is 11.8. The second kappa shape index (κ2) is 4.52. The van der Waals surface area contributed by atoms with Gasteiger partial charge in [-0.3, -0.25) is 9.48 Å². The first-order valence-electron chi connectivity index (χ1n) is 5.35. The van der Waals surface area contributed by atoms with Crippen molar-refractivity contribution in [2.75, 3.05) is 18.9 Å². The zero-order chi connectivity index (χ0) is 11.5. The van der Waals surface area contributed by atoms with Gasteiger partial charge >= 0.3 is 0 Å². The molecule has 1 atom stereocenters. The molecule has 1 amide bonds. The first-order valence-corrected chi connectivity index (χ1v) is 5.35. The fraction of sp³-hybridized carbons (Fsp3) is 0.600. The molecule has 2 heterocycles. The number of hydrogen-bond donors (Lipinski definition) is 2. The third-order valence-corrected chi connectivity index (χ3v) is 2.70. The number of nitrogens with zero attached hydrogens (tertiary/aromatic N) is 2. The van der Waals surface area contributed by atoms with Crippen molar-refractivity contribution >= 4 is 11.6 Å². The van der Waals surface area contributed by atoms with E-state index in [0.29, 0.717) is 17.9 Å². The Balaban J connectivity index is 1.92. The van der Waals surface area contributed by atoms with Gasteiger partial charge in [-0.2, -0.15) is 5.10 Å². The van der Waals surface area contributed by atoms with Crippen molar-refractivity contribution < 1.29 is 9.53 Å². The van der Waals surface area contributed by atoms with Gasteiger partial charge in [0.25, 0.3) is 5.91 Å². The predicted octanol–water partition coefficient (Wildman–Crippen LogP) is -0.0889. The van der Waals surface area contributed by atoms with Gasteiger partial charge < -0.3 is 15.8 Å². The number of nitrogens with two attached hydrogens (primary N) is 1. The van der Waals surface area contributed by atoms with E-state index in [1.807, 2.05) is 0 Å². The molecule has 0 unspecified atom stereocenters. The molecule has 0 aliphatic carbocycles. The van der Waals surface area contributed by atoms with Gasteiger partial charge in [0.15, 0.2) is 0 Å². The van der Waals surface area contributed by atoms with E-state index in [2.05, 4.69) is 10.4 Å². The van der Waals surface area contributed by atoms with E-state index in [-0.39, 0.29) is 12.0 Å². The molecule has 1 fully saturated rings. The van der Waals surface area contributed by atoms with E-state index in [1.54, 1.807) is 7.05 Å². The van der Waals surface area contributed by atoms with Crippen LogP contribution in [0, 0.1) is 0 Å². The lowest BCUT2D eigenvalue weighted by Crippen LogP contribution is -2.33. The minimum Gasteiger partial charge on any atom is -0.396 e. The topological polar surface area (TPSA) is 82.2 Å². The van der Waals surface area contributed by atoms with Crippen LogP contribution in [0.3, 0.4) is 0 Å². The summed E-state index contributed by atoms with van der Waals surface area (Å²) in [5.74, 6) is -0.201. The second-order valence-corrected chi connectivity index (χ2v) is 3.92. The van der Waals surface area contributed by atoms with Gasteiger partial charge in [-0.05, 0) is 12.8 Å². The molecule has 3 N–H and O–H groups in total.